The summed E-state index contributed by atoms with van der Waals surface area (Å²) < 4.78 is 78.1. The third kappa shape index (κ3) is 5.76. The van der Waals surface area contributed by atoms with Crippen LogP contribution in [0.5, 0.6) is 11.6 Å². The van der Waals surface area contributed by atoms with Gasteiger partial charge in [-0.25, -0.2) is 9.37 Å². The second-order valence-corrected chi connectivity index (χ2v) is 8.29. The molecule has 2 heterocycles. The van der Waals surface area contributed by atoms with Crippen molar-refractivity contribution in [3.63, 3.8) is 0 Å². The third-order valence-corrected chi connectivity index (χ3v) is 5.77. The molecule has 2 amide bonds. The minimum absolute atomic E-state index is 0.00559. The molecule has 3 N–H and O–H groups in total. The van der Waals surface area contributed by atoms with Gasteiger partial charge in [0.15, 0.2) is 5.69 Å². The molecule has 1 unspecified atom stereocenters. The number of amides is 2. The first-order chi connectivity index (χ1) is 19.3. The van der Waals surface area contributed by atoms with Crippen molar-refractivity contribution >= 4 is 22.7 Å². The lowest BCUT2D eigenvalue weighted by molar-refractivity contribution is -0.274. The second-order valence-electron chi connectivity index (χ2n) is 8.29. The van der Waals surface area contributed by atoms with E-state index in [4.69, 9.17) is 13.2 Å². The summed E-state index contributed by atoms with van der Waals surface area (Å²) in [6, 6.07) is 7.57. The number of rotatable bonds is 8. The molecule has 4 rings (SSSR count). The molecular weight excluding hydrogens is 522 g/mol. The number of nitrogens with two attached hydrogens (primary N) is 1. The minimum atomic E-state index is -4.99. The van der Waals surface area contributed by atoms with Crippen molar-refractivity contribution in [1.29, 1.82) is 0 Å². The van der Waals surface area contributed by atoms with E-state index < -0.39 is 49.4 Å². The molecule has 0 bridgehead atoms. The highest BCUT2D eigenvalue weighted by Gasteiger charge is 2.31. The monoisotopic (exact) mass is 547 g/mol. The molecule has 0 aliphatic carbocycles. The van der Waals surface area contributed by atoms with Crippen LogP contribution in [0.4, 0.5) is 17.6 Å². The lowest BCUT2D eigenvalue weighted by atomic mass is 10.0. The van der Waals surface area contributed by atoms with Gasteiger partial charge in [-0.3, -0.25) is 14.3 Å². The number of fused-ring (bicyclic) bond motifs is 1. The largest absolute Gasteiger partial charge is 0.573 e. The Morgan fingerprint density at radius 2 is 1.97 bits per heavy atom. The van der Waals surface area contributed by atoms with Crippen molar-refractivity contribution < 1.29 is 39.4 Å². The lowest BCUT2D eigenvalue weighted by Gasteiger charge is -2.18. The molecule has 0 spiro atoms. The smallest absolute Gasteiger partial charge is 0.480 e. The molecule has 2 aromatic carbocycles. The Morgan fingerprint density at radius 1 is 1.21 bits per heavy atom. The van der Waals surface area contributed by atoms with Gasteiger partial charge in [-0.15, -0.1) is 13.2 Å². The van der Waals surface area contributed by atoms with Gasteiger partial charge in [0, 0.05) is 29.2 Å². The van der Waals surface area contributed by atoms with Crippen LogP contribution in [0.3, 0.4) is 0 Å². The van der Waals surface area contributed by atoms with Crippen LogP contribution in [0.2, 0.25) is 0 Å². The van der Waals surface area contributed by atoms with Crippen LogP contribution in [0.1, 0.15) is 49.0 Å². The van der Waals surface area contributed by atoms with E-state index in [1.807, 2.05) is 0 Å². The number of benzene rings is 2. The van der Waals surface area contributed by atoms with Crippen LogP contribution >= 0.6 is 0 Å². The number of methoxy groups -OCH3 is 1. The molecule has 2 atom stereocenters. The van der Waals surface area contributed by atoms with E-state index in [1.54, 1.807) is 25.1 Å². The van der Waals surface area contributed by atoms with Crippen molar-refractivity contribution in [1.82, 2.24) is 20.1 Å². The molecule has 204 valence electrons. The highest BCUT2D eigenvalue weighted by Crippen LogP contribution is 2.30. The van der Waals surface area contributed by atoms with Gasteiger partial charge in [-0.1, -0.05) is 6.07 Å². The first kappa shape index (κ1) is 24.6. The number of hydrogen-bond acceptors (Lipinski definition) is 6. The zero-order valence-corrected chi connectivity index (χ0v) is 20.5. The molecule has 4 aromatic rings. The van der Waals surface area contributed by atoms with E-state index in [0.717, 1.165) is 18.2 Å². The summed E-state index contributed by atoms with van der Waals surface area (Å²) in [5, 5.41) is 7.06. The number of nitrogens with zero attached hydrogens (tertiary/aromatic N) is 3. The summed E-state index contributed by atoms with van der Waals surface area (Å²) in [6.07, 6.45) is -3.61. The lowest BCUT2D eigenvalue weighted by Crippen LogP contribution is -2.28. The molecule has 0 saturated carbocycles. The van der Waals surface area contributed by atoms with Crippen molar-refractivity contribution in [3.05, 3.63) is 71.3 Å². The van der Waals surface area contributed by atoms with Gasteiger partial charge in [0.05, 0.1) is 21.4 Å². The Hall–Kier alpha value is -4.68. The summed E-state index contributed by atoms with van der Waals surface area (Å²) in [5.74, 6) is -3.30. The number of primary amides is 1. The zero-order chi connectivity index (χ0) is 30.1. The van der Waals surface area contributed by atoms with Gasteiger partial charge in [0.2, 0.25) is 5.88 Å². The number of halogens is 4. The summed E-state index contributed by atoms with van der Waals surface area (Å²) in [4.78, 5) is 29.2. The number of aromatic nitrogens is 3. The van der Waals surface area contributed by atoms with Gasteiger partial charge in [-0.05, 0) is 55.8 Å². The van der Waals surface area contributed by atoms with Gasteiger partial charge in [0.1, 0.15) is 17.1 Å². The van der Waals surface area contributed by atoms with E-state index in [0.29, 0.717) is 22.0 Å². The Balaban J connectivity index is 1.70. The summed E-state index contributed by atoms with van der Waals surface area (Å²) in [5.41, 5.74) is 6.38. The van der Waals surface area contributed by atoms with Gasteiger partial charge in [0.25, 0.3) is 11.8 Å². The Bertz CT molecular complexity index is 1630. The molecule has 0 aliphatic rings. The van der Waals surface area contributed by atoms with E-state index in [1.165, 1.54) is 23.9 Å². The zero-order valence-electron chi connectivity index (χ0n) is 22.5. The standard InChI is InChI=1S/C26H23F4N5O4/c1-4-35-21-10-14(5-7-17(21)22(34-35)23(31)36)15-9-19(25(38-3)32-12-15)24(37)33-13(2)18-11-16(6-8-20(18)27)39-26(28,29)30/h5-13H,4H2,1-3H3,(H2,31,36)(H,33,37)/t13-/m1/s1/i3D,4D/t4?,13-. The summed E-state index contributed by atoms with van der Waals surface area (Å²) in [6.45, 7) is 2.06. The Kier molecular flexibility index (Phi) is 6.69. The summed E-state index contributed by atoms with van der Waals surface area (Å²) in [7, 11) is -0.573. The number of aryl methyl sites for hydroxylation is 1. The predicted octanol–water partition coefficient (Wildman–Crippen LogP) is 4.75. The molecule has 0 radical (unpaired) electrons. The number of pyridine rings is 1. The number of hydrogen-bond donors (Lipinski definition) is 2. The second kappa shape index (κ2) is 10.6. The quantitative estimate of drug-likeness (QED) is 0.307. The average molecular weight is 548 g/mol. The fourth-order valence-electron chi connectivity index (χ4n) is 3.99. The van der Waals surface area contributed by atoms with E-state index >= 15 is 0 Å². The number of alkyl halides is 3. The van der Waals surface area contributed by atoms with Crippen molar-refractivity contribution in [2.24, 2.45) is 5.73 Å². The first-order valence-corrected chi connectivity index (χ1v) is 11.3. The molecule has 0 fully saturated rings. The molecule has 0 aliphatic heterocycles. The molecule has 2 aromatic heterocycles. The minimum Gasteiger partial charge on any atom is -0.480 e. The van der Waals surface area contributed by atoms with Crippen LogP contribution in [-0.2, 0) is 6.52 Å². The molecule has 0 saturated heterocycles. The average Bonchev–Trinajstić information content (AvgIpc) is 3.29. The van der Waals surface area contributed by atoms with Crippen LogP contribution < -0.4 is 20.5 Å². The summed E-state index contributed by atoms with van der Waals surface area (Å²) >= 11 is 0. The first-order valence-electron chi connectivity index (χ1n) is 12.6. The topological polar surface area (TPSA) is 121 Å². The molecule has 39 heavy (non-hydrogen) atoms. The maximum Gasteiger partial charge on any atom is 0.573 e. The van der Waals surface area contributed by atoms with Crippen LogP contribution in [0.25, 0.3) is 22.0 Å². The highest BCUT2D eigenvalue weighted by molar-refractivity contribution is 6.05. The van der Waals surface area contributed by atoms with Crippen LogP contribution in [0.15, 0.2) is 48.7 Å². The molecule has 13 heteroatoms. The van der Waals surface area contributed by atoms with Crippen LogP contribution in [0, 0.1) is 5.82 Å². The SMILES string of the molecule is [2H]COc1ncc(-c2ccc3c(C(N)=O)nn(C([2H])C)c3c2)cc1C(=O)N[C@H](C)c1cc(OC(F)(F)F)ccc1F. The fourth-order valence-corrected chi connectivity index (χ4v) is 3.99. The Labute approximate surface area is 222 Å². The number of ether oxygens (including phenoxy) is 2. The third-order valence-electron chi connectivity index (χ3n) is 5.77. The normalized spacial score (nSPS) is 13.8. The van der Waals surface area contributed by atoms with Crippen molar-refractivity contribution in [2.75, 3.05) is 7.09 Å². The maximum absolute atomic E-state index is 14.5. The van der Waals surface area contributed by atoms with Crippen molar-refractivity contribution in [2.45, 2.75) is 32.8 Å². The van der Waals surface area contributed by atoms with E-state index in [2.05, 4.69) is 20.1 Å². The van der Waals surface area contributed by atoms with Crippen molar-refractivity contribution in [3.8, 4) is 22.8 Å². The number of carbonyl (C=O) groups is 2. The van der Waals surface area contributed by atoms with E-state index in [9.17, 15) is 27.2 Å². The van der Waals surface area contributed by atoms with Gasteiger partial charge in [-0.2, -0.15) is 5.10 Å². The predicted molar refractivity (Wildman–Crippen MR) is 133 cm³/mol. The van der Waals surface area contributed by atoms with Gasteiger partial charge < -0.3 is 20.5 Å². The molecule has 9 nitrogen and oxygen atoms in total. The van der Waals surface area contributed by atoms with Gasteiger partial charge >= 0.3 is 6.36 Å². The maximum atomic E-state index is 14.5. The Morgan fingerprint density at radius 3 is 2.64 bits per heavy atom. The molecular formula is C26H23F4N5O4. The number of carbonyl (C=O) groups excluding carboxylic acids is 2. The van der Waals surface area contributed by atoms with Crippen LogP contribution in [-0.4, -0.2) is 40.0 Å². The highest BCUT2D eigenvalue weighted by atomic mass is 19.4. The van der Waals surface area contributed by atoms with E-state index in [-0.39, 0.29) is 22.7 Å². The fraction of sp³-hybridized carbons (Fsp3) is 0.231. The number of nitrogens with one attached hydrogen (secondary N) is 1.